The number of amides is 3. The number of aryl methyl sites for hydroxylation is 1. The van der Waals surface area contributed by atoms with Crippen LogP contribution in [0.1, 0.15) is 60.7 Å². The van der Waals surface area contributed by atoms with Gasteiger partial charge < -0.3 is 35.6 Å². The molecule has 3 rings (SSSR count). The molecule has 256 valence electrons. The molecule has 3 aromatic carbocycles. The van der Waals surface area contributed by atoms with Gasteiger partial charge in [0.2, 0.25) is 11.8 Å². The molecule has 0 aliphatic carbocycles. The third kappa shape index (κ3) is 13.1. The molecular formula is C36H43N3O9. The number of hydrogen-bond acceptors (Lipinski definition) is 7. The number of benzene rings is 3. The number of aromatic carboxylic acids is 1. The van der Waals surface area contributed by atoms with Gasteiger partial charge in [-0.25, -0.2) is 14.4 Å². The Hall–Kier alpha value is -5.39. The van der Waals surface area contributed by atoms with E-state index in [4.69, 9.17) is 14.6 Å². The highest BCUT2D eigenvalue weighted by Crippen LogP contribution is 2.22. The molecule has 0 saturated heterocycles. The monoisotopic (exact) mass is 661 g/mol. The fraction of sp³-hybridized carbons (Fsp3) is 0.361. The number of carbonyl (C=O) groups excluding carboxylic acids is 3. The van der Waals surface area contributed by atoms with Crippen LogP contribution in [-0.2, 0) is 38.4 Å². The van der Waals surface area contributed by atoms with Gasteiger partial charge in [0.1, 0.15) is 29.0 Å². The van der Waals surface area contributed by atoms with Crippen molar-refractivity contribution in [1.82, 2.24) is 16.0 Å². The van der Waals surface area contributed by atoms with Crippen molar-refractivity contribution in [3.8, 4) is 5.75 Å². The van der Waals surface area contributed by atoms with E-state index in [1.165, 1.54) is 23.8 Å². The van der Waals surface area contributed by atoms with Crippen LogP contribution in [0, 0.1) is 0 Å². The van der Waals surface area contributed by atoms with Gasteiger partial charge in [0, 0.05) is 19.4 Å². The Morgan fingerprint density at radius 1 is 0.729 bits per heavy atom. The molecule has 3 aromatic rings. The number of carboxylic acids is 2. The van der Waals surface area contributed by atoms with Crippen LogP contribution in [-0.4, -0.2) is 70.9 Å². The van der Waals surface area contributed by atoms with E-state index in [0.29, 0.717) is 18.5 Å². The zero-order chi connectivity index (χ0) is 35.1. The highest BCUT2D eigenvalue weighted by molar-refractivity contribution is 5.93. The van der Waals surface area contributed by atoms with Gasteiger partial charge in [0.15, 0.2) is 6.61 Å². The average Bonchev–Trinajstić information content (AvgIpc) is 3.03. The van der Waals surface area contributed by atoms with Crippen molar-refractivity contribution in [3.63, 3.8) is 0 Å². The molecule has 12 heteroatoms. The Labute approximate surface area is 279 Å². The Bertz CT molecular complexity index is 1540. The summed E-state index contributed by atoms with van der Waals surface area (Å²) >= 11 is 0. The average molecular weight is 662 g/mol. The highest BCUT2D eigenvalue weighted by atomic mass is 16.6. The predicted molar refractivity (Wildman–Crippen MR) is 178 cm³/mol. The van der Waals surface area contributed by atoms with Gasteiger partial charge >= 0.3 is 18.0 Å². The largest absolute Gasteiger partial charge is 0.481 e. The van der Waals surface area contributed by atoms with Crippen molar-refractivity contribution < 1.29 is 43.7 Å². The van der Waals surface area contributed by atoms with Crippen LogP contribution < -0.4 is 20.7 Å². The first kappa shape index (κ1) is 37.1. The summed E-state index contributed by atoms with van der Waals surface area (Å²) in [7, 11) is 0. The zero-order valence-corrected chi connectivity index (χ0v) is 27.4. The Balaban J connectivity index is 1.81. The zero-order valence-electron chi connectivity index (χ0n) is 27.4. The molecule has 12 nitrogen and oxygen atoms in total. The van der Waals surface area contributed by atoms with Crippen molar-refractivity contribution in [2.75, 3.05) is 13.2 Å². The molecule has 2 atom stereocenters. The van der Waals surface area contributed by atoms with Gasteiger partial charge in [-0.1, -0.05) is 66.7 Å². The lowest BCUT2D eigenvalue weighted by Crippen LogP contribution is -2.55. The molecule has 0 aliphatic heterocycles. The standard InChI is InChI=1S/C36H43N3O9/c1-36(2,3)48-35(46)39-29(21-25-15-8-5-9-16-25)33(43)38-28(32(42)37-19-11-10-14-24-12-6-4-7-13-24)22-26-17-18-30(47-23-31(40)41)27(20-26)34(44)45/h4-9,12-13,15-18,20,28-29H,10-11,14,19,21-23H2,1-3H3,(H,37,42)(H,38,43)(H,39,46)(H,40,41)(H,44,45). The van der Waals surface area contributed by atoms with E-state index in [2.05, 4.69) is 16.0 Å². The van der Waals surface area contributed by atoms with Gasteiger partial charge in [0.25, 0.3) is 0 Å². The predicted octanol–water partition coefficient (Wildman–Crippen LogP) is 4.15. The van der Waals surface area contributed by atoms with E-state index in [1.54, 1.807) is 45.0 Å². The summed E-state index contributed by atoms with van der Waals surface area (Å²) in [5, 5.41) is 26.9. The minimum absolute atomic E-state index is 0.106. The molecule has 0 fully saturated rings. The third-order valence-corrected chi connectivity index (χ3v) is 7.02. The van der Waals surface area contributed by atoms with E-state index < -0.39 is 54.1 Å². The summed E-state index contributed by atoms with van der Waals surface area (Å²) in [5.74, 6) is -3.92. The maximum atomic E-state index is 13.7. The first-order chi connectivity index (χ1) is 22.8. The molecule has 48 heavy (non-hydrogen) atoms. The van der Waals surface area contributed by atoms with Crippen molar-refractivity contribution in [2.45, 2.75) is 70.6 Å². The minimum Gasteiger partial charge on any atom is -0.481 e. The second kappa shape index (κ2) is 18.1. The molecule has 0 saturated carbocycles. The molecule has 0 spiro atoms. The molecular weight excluding hydrogens is 618 g/mol. The van der Waals surface area contributed by atoms with Crippen molar-refractivity contribution in [3.05, 3.63) is 101 Å². The highest BCUT2D eigenvalue weighted by Gasteiger charge is 2.29. The molecule has 2 unspecified atom stereocenters. The van der Waals surface area contributed by atoms with Crippen molar-refractivity contribution >= 4 is 29.8 Å². The van der Waals surface area contributed by atoms with Crippen molar-refractivity contribution in [2.24, 2.45) is 0 Å². The normalized spacial score (nSPS) is 12.2. The number of carbonyl (C=O) groups is 5. The van der Waals surface area contributed by atoms with Crippen LogP contribution in [0.3, 0.4) is 0 Å². The summed E-state index contributed by atoms with van der Waals surface area (Å²) in [6.07, 6.45) is 1.53. The lowest BCUT2D eigenvalue weighted by atomic mass is 10.0. The summed E-state index contributed by atoms with van der Waals surface area (Å²) < 4.78 is 10.5. The third-order valence-electron chi connectivity index (χ3n) is 7.02. The molecule has 0 aliphatic rings. The number of alkyl carbamates (subject to hydrolysis) is 1. The summed E-state index contributed by atoms with van der Waals surface area (Å²) in [6.45, 7) is 4.69. The van der Waals surface area contributed by atoms with E-state index in [9.17, 15) is 29.1 Å². The van der Waals surface area contributed by atoms with Gasteiger partial charge in [-0.05, 0) is 68.9 Å². The van der Waals surface area contributed by atoms with Gasteiger partial charge in [-0.3, -0.25) is 9.59 Å². The molecule has 0 radical (unpaired) electrons. The second-order valence-electron chi connectivity index (χ2n) is 12.2. The smallest absolute Gasteiger partial charge is 0.408 e. The fourth-order valence-electron chi connectivity index (χ4n) is 4.80. The van der Waals surface area contributed by atoms with Crippen LogP contribution in [0.2, 0.25) is 0 Å². The number of hydrogen-bond donors (Lipinski definition) is 5. The van der Waals surface area contributed by atoms with Crippen LogP contribution >= 0.6 is 0 Å². The van der Waals surface area contributed by atoms with Crippen molar-refractivity contribution in [1.29, 1.82) is 0 Å². The topological polar surface area (TPSA) is 180 Å². The fourth-order valence-corrected chi connectivity index (χ4v) is 4.80. The summed E-state index contributed by atoms with van der Waals surface area (Å²) in [4.78, 5) is 62.9. The van der Waals surface area contributed by atoms with Gasteiger partial charge in [-0.2, -0.15) is 0 Å². The van der Waals surface area contributed by atoms with E-state index in [1.807, 2.05) is 36.4 Å². The first-order valence-corrected chi connectivity index (χ1v) is 15.7. The SMILES string of the molecule is CC(C)(C)OC(=O)NC(Cc1ccccc1)C(=O)NC(Cc1ccc(OCC(=O)O)c(C(=O)O)c1)C(=O)NCCCCc1ccccc1. The number of nitrogens with one attached hydrogen (secondary N) is 3. The molecule has 0 bridgehead atoms. The lowest BCUT2D eigenvalue weighted by Gasteiger charge is -2.25. The second-order valence-corrected chi connectivity index (χ2v) is 12.2. The Morgan fingerprint density at radius 2 is 1.33 bits per heavy atom. The molecule has 0 aromatic heterocycles. The quantitative estimate of drug-likeness (QED) is 0.133. The number of carboxylic acid groups (broad SMARTS) is 2. The van der Waals surface area contributed by atoms with E-state index in [-0.39, 0.29) is 24.2 Å². The van der Waals surface area contributed by atoms with Crippen LogP contribution in [0.15, 0.2) is 78.9 Å². The molecule has 0 heterocycles. The number of unbranched alkanes of at least 4 members (excludes halogenated alkanes) is 1. The lowest BCUT2D eigenvalue weighted by molar-refractivity contribution is -0.139. The number of rotatable bonds is 17. The molecule has 5 N–H and O–H groups in total. The Kier molecular flexibility index (Phi) is 14.0. The van der Waals surface area contributed by atoms with Crippen LogP contribution in [0.25, 0.3) is 0 Å². The van der Waals surface area contributed by atoms with Crippen LogP contribution in [0.5, 0.6) is 5.75 Å². The molecule has 3 amide bonds. The maximum absolute atomic E-state index is 13.7. The minimum atomic E-state index is -1.36. The van der Waals surface area contributed by atoms with Crippen LogP contribution in [0.4, 0.5) is 4.79 Å². The van der Waals surface area contributed by atoms with Gasteiger partial charge in [-0.15, -0.1) is 0 Å². The maximum Gasteiger partial charge on any atom is 0.408 e. The van der Waals surface area contributed by atoms with Gasteiger partial charge in [0.05, 0.1) is 0 Å². The number of aliphatic carboxylic acids is 1. The summed E-state index contributed by atoms with van der Waals surface area (Å²) in [5.41, 5.74) is 1.20. The number of ether oxygens (including phenoxy) is 2. The Morgan fingerprint density at radius 3 is 1.94 bits per heavy atom. The van der Waals surface area contributed by atoms with E-state index >= 15 is 0 Å². The summed E-state index contributed by atoms with van der Waals surface area (Å²) in [6, 6.07) is 20.8. The van der Waals surface area contributed by atoms with E-state index in [0.717, 1.165) is 18.4 Å². The first-order valence-electron chi connectivity index (χ1n) is 15.7.